The zero-order chi connectivity index (χ0) is 18.0. The Labute approximate surface area is 144 Å². The number of aromatic nitrogens is 2. The highest BCUT2D eigenvalue weighted by molar-refractivity contribution is 6.47. The van der Waals surface area contributed by atoms with Gasteiger partial charge in [0.25, 0.3) is 11.7 Å². The molecule has 1 N–H and O–H groups in total. The molecule has 1 amide bonds. The predicted molar refractivity (Wildman–Crippen MR) is 92.4 cm³/mol. The summed E-state index contributed by atoms with van der Waals surface area (Å²) in [6.45, 7) is 3.43. The van der Waals surface area contributed by atoms with Gasteiger partial charge in [-0.2, -0.15) is 5.10 Å². The summed E-state index contributed by atoms with van der Waals surface area (Å²) in [5, 5.41) is 6.85. The molecular weight excluding hydrogens is 321 g/mol. The SMILES string of the molecule is Cc1nn(-c2ccccc2)c(C)c1C(=O)C(=O)Nc1ccc(F)cc1. The van der Waals surface area contributed by atoms with Gasteiger partial charge in [-0.1, -0.05) is 18.2 Å². The molecule has 2 aromatic carbocycles. The molecule has 3 aromatic rings. The van der Waals surface area contributed by atoms with Crippen molar-refractivity contribution >= 4 is 17.4 Å². The molecule has 0 spiro atoms. The summed E-state index contributed by atoms with van der Waals surface area (Å²) in [6.07, 6.45) is 0. The molecule has 0 saturated carbocycles. The number of para-hydroxylation sites is 1. The minimum absolute atomic E-state index is 0.267. The number of anilines is 1. The number of carbonyl (C=O) groups excluding carboxylic acids is 2. The summed E-state index contributed by atoms with van der Waals surface area (Å²) in [5.74, 6) is -1.88. The van der Waals surface area contributed by atoms with Gasteiger partial charge in [-0.3, -0.25) is 9.59 Å². The fourth-order valence-corrected chi connectivity index (χ4v) is 2.63. The fraction of sp³-hybridized carbons (Fsp3) is 0.105. The van der Waals surface area contributed by atoms with E-state index in [1.54, 1.807) is 18.5 Å². The van der Waals surface area contributed by atoms with E-state index in [9.17, 15) is 14.0 Å². The molecule has 0 aliphatic carbocycles. The van der Waals surface area contributed by atoms with Gasteiger partial charge in [0.15, 0.2) is 0 Å². The molecule has 0 bridgehead atoms. The molecule has 6 heteroatoms. The van der Waals surface area contributed by atoms with Crippen LogP contribution in [0.3, 0.4) is 0 Å². The number of amides is 1. The predicted octanol–water partition coefficient (Wildman–Crippen LogP) is 3.45. The van der Waals surface area contributed by atoms with Crippen LogP contribution in [0.4, 0.5) is 10.1 Å². The van der Waals surface area contributed by atoms with E-state index in [0.717, 1.165) is 5.69 Å². The summed E-state index contributed by atoms with van der Waals surface area (Å²) in [4.78, 5) is 24.8. The molecule has 0 aliphatic rings. The second-order valence-electron chi connectivity index (χ2n) is 5.58. The van der Waals surface area contributed by atoms with Crippen molar-refractivity contribution in [1.29, 1.82) is 0 Å². The number of Topliss-reactive ketones (excluding diaryl/α,β-unsaturated/α-hetero) is 1. The molecule has 0 atom stereocenters. The van der Waals surface area contributed by atoms with Gasteiger partial charge in [-0.05, 0) is 50.2 Å². The molecule has 126 valence electrons. The molecule has 0 aliphatic heterocycles. The number of benzene rings is 2. The minimum atomic E-state index is -0.787. The van der Waals surface area contributed by atoms with Crippen LogP contribution in [-0.4, -0.2) is 21.5 Å². The van der Waals surface area contributed by atoms with Gasteiger partial charge in [0.2, 0.25) is 0 Å². The molecule has 1 aromatic heterocycles. The first-order chi connectivity index (χ1) is 12.0. The van der Waals surface area contributed by atoms with Crippen LogP contribution >= 0.6 is 0 Å². The fourth-order valence-electron chi connectivity index (χ4n) is 2.63. The van der Waals surface area contributed by atoms with Crippen LogP contribution in [-0.2, 0) is 4.79 Å². The molecule has 0 radical (unpaired) electrons. The van der Waals surface area contributed by atoms with E-state index in [4.69, 9.17) is 0 Å². The number of hydrogen-bond acceptors (Lipinski definition) is 3. The Balaban J connectivity index is 1.88. The Morgan fingerprint density at radius 3 is 2.28 bits per heavy atom. The maximum absolute atomic E-state index is 12.9. The normalized spacial score (nSPS) is 10.5. The van der Waals surface area contributed by atoms with Crippen molar-refractivity contribution in [1.82, 2.24) is 9.78 Å². The highest BCUT2D eigenvalue weighted by atomic mass is 19.1. The first-order valence-electron chi connectivity index (χ1n) is 7.70. The van der Waals surface area contributed by atoms with Crippen LogP contribution in [0.15, 0.2) is 54.6 Å². The monoisotopic (exact) mass is 337 g/mol. The van der Waals surface area contributed by atoms with Crippen LogP contribution in [0, 0.1) is 19.7 Å². The number of hydrogen-bond donors (Lipinski definition) is 1. The van der Waals surface area contributed by atoms with Gasteiger partial charge in [0.05, 0.1) is 22.6 Å². The lowest BCUT2D eigenvalue weighted by atomic mass is 10.1. The number of ketones is 1. The molecule has 3 rings (SSSR count). The van der Waals surface area contributed by atoms with Gasteiger partial charge in [0, 0.05) is 5.69 Å². The Morgan fingerprint density at radius 1 is 1.00 bits per heavy atom. The number of aryl methyl sites for hydroxylation is 1. The number of halogens is 1. The molecular formula is C19H16FN3O2. The van der Waals surface area contributed by atoms with E-state index < -0.39 is 17.5 Å². The second-order valence-corrected chi connectivity index (χ2v) is 5.58. The van der Waals surface area contributed by atoms with Gasteiger partial charge in [0.1, 0.15) is 5.82 Å². The Kier molecular flexibility index (Phi) is 4.43. The van der Waals surface area contributed by atoms with Gasteiger partial charge < -0.3 is 5.32 Å². The van der Waals surface area contributed by atoms with Crippen molar-refractivity contribution in [3.63, 3.8) is 0 Å². The molecule has 5 nitrogen and oxygen atoms in total. The lowest BCUT2D eigenvalue weighted by molar-refractivity contribution is -0.112. The van der Waals surface area contributed by atoms with Crippen LogP contribution < -0.4 is 5.32 Å². The summed E-state index contributed by atoms with van der Waals surface area (Å²) in [5.41, 5.74) is 2.48. The largest absolute Gasteiger partial charge is 0.319 e. The number of nitrogens with zero attached hydrogens (tertiary/aromatic N) is 2. The maximum atomic E-state index is 12.9. The molecule has 25 heavy (non-hydrogen) atoms. The van der Waals surface area contributed by atoms with E-state index in [0.29, 0.717) is 17.1 Å². The van der Waals surface area contributed by atoms with E-state index in [-0.39, 0.29) is 5.56 Å². The Morgan fingerprint density at radius 2 is 1.64 bits per heavy atom. The third-order valence-corrected chi connectivity index (χ3v) is 3.83. The van der Waals surface area contributed by atoms with Crippen LogP contribution in [0.2, 0.25) is 0 Å². The van der Waals surface area contributed by atoms with E-state index in [1.807, 2.05) is 30.3 Å². The first-order valence-corrected chi connectivity index (χ1v) is 7.70. The van der Waals surface area contributed by atoms with E-state index >= 15 is 0 Å². The second kappa shape index (κ2) is 6.68. The topological polar surface area (TPSA) is 64.0 Å². The number of carbonyl (C=O) groups is 2. The van der Waals surface area contributed by atoms with Crippen LogP contribution in [0.25, 0.3) is 5.69 Å². The zero-order valence-corrected chi connectivity index (χ0v) is 13.8. The summed E-state index contributed by atoms with van der Waals surface area (Å²) in [7, 11) is 0. The number of nitrogens with one attached hydrogen (secondary N) is 1. The Bertz CT molecular complexity index is 931. The van der Waals surface area contributed by atoms with Crippen molar-refractivity contribution in [3.05, 3.63) is 77.4 Å². The van der Waals surface area contributed by atoms with Crippen LogP contribution in [0.1, 0.15) is 21.7 Å². The quantitative estimate of drug-likeness (QED) is 0.586. The third-order valence-electron chi connectivity index (χ3n) is 3.83. The standard InChI is InChI=1S/C19H16FN3O2/c1-12-17(13(2)23(22-12)16-6-4-3-5-7-16)18(24)19(25)21-15-10-8-14(20)9-11-15/h3-11H,1-2H3,(H,21,25). The number of rotatable bonds is 4. The summed E-state index contributed by atoms with van der Waals surface area (Å²) in [6, 6.07) is 14.6. The van der Waals surface area contributed by atoms with Gasteiger partial charge in [-0.25, -0.2) is 9.07 Å². The van der Waals surface area contributed by atoms with E-state index in [1.165, 1.54) is 24.3 Å². The average molecular weight is 337 g/mol. The van der Waals surface area contributed by atoms with Crippen molar-refractivity contribution < 1.29 is 14.0 Å². The van der Waals surface area contributed by atoms with Gasteiger partial charge >= 0.3 is 0 Å². The minimum Gasteiger partial charge on any atom is -0.319 e. The van der Waals surface area contributed by atoms with E-state index in [2.05, 4.69) is 10.4 Å². The molecule has 0 fully saturated rings. The summed E-state index contributed by atoms with van der Waals surface area (Å²) < 4.78 is 14.6. The molecule has 0 saturated heterocycles. The van der Waals surface area contributed by atoms with Crippen molar-refractivity contribution in [2.45, 2.75) is 13.8 Å². The lowest BCUT2D eigenvalue weighted by Gasteiger charge is -2.06. The molecule has 1 heterocycles. The van der Waals surface area contributed by atoms with Crippen molar-refractivity contribution in [3.8, 4) is 5.69 Å². The first kappa shape index (κ1) is 16.6. The average Bonchev–Trinajstić information content (AvgIpc) is 2.91. The highest BCUT2D eigenvalue weighted by Crippen LogP contribution is 2.19. The Hall–Kier alpha value is -3.28. The van der Waals surface area contributed by atoms with Crippen molar-refractivity contribution in [2.75, 3.05) is 5.32 Å². The maximum Gasteiger partial charge on any atom is 0.296 e. The zero-order valence-electron chi connectivity index (χ0n) is 13.8. The van der Waals surface area contributed by atoms with Crippen molar-refractivity contribution in [2.24, 2.45) is 0 Å². The highest BCUT2D eigenvalue weighted by Gasteiger charge is 2.25. The third kappa shape index (κ3) is 3.33. The van der Waals surface area contributed by atoms with Gasteiger partial charge in [-0.15, -0.1) is 0 Å². The smallest absolute Gasteiger partial charge is 0.296 e. The van der Waals surface area contributed by atoms with Crippen LogP contribution in [0.5, 0.6) is 0 Å². The lowest BCUT2D eigenvalue weighted by Crippen LogP contribution is -2.24. The summed E-state index contributed by atoms with van der Waals surface area (Å²) >= 11 is 0. The molecule has 0 unspecified atom stereocenters.